The van der Waals surface area contributed by atoms with Crippen molar-refractivity contribution in [2.24, 2.45) is 0 Å². The minimum atomic E-state index is -4.40. The Bertz CT molecular complexity index is 547. The zero-order chi connectivity index (χ0) is 11.9. The molecule has 0 atom stereocenters. The van der Waals surface area contributed by atoms with Crippen molar-refractivity contribution in [3.8, 4) is 0 Å². The SMILES string of the molecule is Cc1cc(C(F)(F)F)c2nc(C)cnc2c1. The maximum atomic E-state index is 12.8. The largest absolute Gasteiger partial charge is 0.418 e. The Morgan fingerprint density at radius 2 is 1.81 bits per heavy atom. The molecule has 0 saturated carbocycles. The number of aryl methyl sites for hydroxylation is 2. The Morgan fingerprint density at radius 1 is 1.12 bits per heavy atom. The Labute approximate surface area is 90.1 Å². The highest BCUT2D eigenvalue weighted by molar-refractivity contribution is 5.79. The lowest BCUT2D eigenvalue weighted by atomic mass is 10.1. The highest BCUT2D eigenvalue weighted by Gasteiger charge is 2.33. The normalized spacial score (nSPS) is 12.1. The molecule has 1 aromatic heterocycles. The fourth-order valence-electron chi connectivity index (χ4n) is 1.56. The van der Waals surface area contributed by atoms with E-state index in [0.29, 0.717) is 11.3 Å². The minimum absolute atomic E-state index is 0.0851. The van der Waals surface area contributed by atoms with Crippen LogP contribution in [0.25, 0.3) is 11.0 Å². The lowest BCUT2D eigenvalue weighted by molar-refractivity contribution is -0.136. The summed E-state index contributed by atoms with van der Waals surface area (Å²) in [4.78, 5) is 7.85. The quantitative estimate of drug-likeness (QED) is 0.689. The van der Waals surface area contributed by atoms with Gasteiger partial charge in [-0.3, -0.25) is 4.98 Å². The molecule has 0 aliphatic carbocycles. The number of halogens is 3. The molecule has 0 N–H and O–H groups in total. The zero-order valence-corrected chi connectivity index (χ0v) is 8.76. The third-order valence-electron chi connectivity index (χ3n) is 2.22. The Morgan fingerprint density at radius 3 is 2.44 bits per heavy atom. The van der Waals surface area contributed by atoms with Crippen LogP contribution in [0.2, 0.25) is 0 Å². The van der Waals surface area contributed by atoms with E-state index in [1.165, 1.54) is 6.20 Å². The average molecular weight is 226 g/mol. The topological polar surface area (TPSA) is 25.8 Å². The van der Waals surface area contributed by atoms with Gasteiger partial charge < -0.3 is 0 Å². The van der Waals surface area contributed by atoms with E-state index < -0.39 is 11.7 Å². The smallest absolute Gasteiger partial charge is 0.253 e. The first-order valence-corrected chi connectivity index (χ1v) is 4.69. The molecule has 0 aliphatic heterocycles. The van der Waals surface area contributed by atoms with E-state index in [1.54, 1.807) is 19.9 Å². The zero-order valence-electron chi connectivity index (χ0n) is 8.76. The Hall–Kier alpha value is -1.65. The highest BCUT2D eigenvalue weighted by atomic mass is 19.4. The first-order chi connectivity index (χ1) is 7.38. The second-order valence-corrected chi connectivity index (χ2v) is 3.69. The number of aromatic nitrogens is 2. The van der Waals surface area contributed by atoms with E-state index in [2.05, 4.69) is 9.97 Å². The van der Waals surface area contributed by atoms with Crippen LogP contribution in [-0.2, 0) is 6.18 Å². The Balaban J connectivity index is 2.85. The summed E-state index contributed by atoms with van der Waals surface area (Å²) in [6.45, 7) is 3.22. The van der Waals surface area contributed by atoms with E-state index in [1.807, 2.05) is 0 Å². The summed E-state index contributed by atoms with van der Waals surface area (Å²) in [5.74, 6) is 0. The molecule has 2 aromatic rings. The number of hydrogen-bond donors (Lipinski definition) is 0. The number of nitrogens with zero attached hydrogens (tertiary/aromatic N) is 2. The molecule has 0 unspecified atom stereocenters. The van der Waals surface area contributed by atoms with Crippen molar-refractivity contribution in [1.29, 1.82) is 0 Å². The van der Waals surface area contributed by atoms with Gasteiger partial charge in [-0.1, -0.05) is 0 Å². The summed E-state index contributed by atoms with van der Waals surface area (Å²) in [6, 6.07) is 2.69. The number of benzene rings is 1. The molecule has 16 heavy (non-hydrogen) atoms. The Kier molecular flexibility index (Phi) is 2.33. The van der Waals surface area contributed by atoms with Gasteiger partial charge in [-0.2, -0.15) is 13.2 Å². The van der Waals surface area contributed by atoms with Crippen LogP contribution in [0.15, 0.2) is 18.3 Å². The second-order valence-electron chi connectivity index (χ2n) is 3.69. The van der Waals surface area contributed by atoms with Crippen molar-refractivity contribution in [3.05, 3.63) is 35.2 Å². The molecule has 0 saturated heterocycles. The average Bonchev–Trinajstić information content (AvgIpc) is 2.16. The van der Waals surface area contributed by atoms with Crippen LogP contribution >= 0.6 is 0 Å². The van der Waals surface area contributed by atoms with Gasteiger partial charge in [0.05, 0.1) is 16.8 Å². The maximum absolute atomic E-state index is 12.8. The molecule has 2 rings (SSSR count). The summed E-state index contributed by atoms with van der Waals surface area (Å²) < 4.78 is 38.3. The van der Waals surface area contributed by atoms with Crippen LogP contribution in [0, 0.1) is 13.8 Å². The molecule has 0 spiro atoms. The van der Waals surface area contributed by atoms with Crippen LogP contribution in [0.1, 0.15) is 16.8 Å². The number of alkyl halides is 3. The highest BCUT2D eigenvalue weighted by Crippen LogP contribution is 2.34. The van der Waals surface area contributed by atoms with Gasteiger partial charge in [-0.05, 0) is 31.5 Å². The molecule has 0 radical (unpaired) electrons. The molecule has 0 bridgehead atoms. The minimum Gasteiger partial charge on any atom is -0.253 e. The third-order valence-corrected chi connectivity index (χ3v) is 2.22. The lowest BCUT2D eigenvalue weighted by Gasteiger charge is -2.10. The van der Waals surface area contributed by atoms with Gasteiger partial charge in [-0.15, -0.1) is 0 Å². The van der Waals surface area contributed by atoms with Crippen molar-refractivity contribution in [3.63, 3.8) is 0 Å². The van der Waals surface area contributed by atoms with Crippen molar-refractivity contribution < 1.29 is 13.2 Å². The molecule has 0 aliphatic rings. The monoisotopic (exact) mass is 226 g/mol. The summed E-state index contributed by atoms with van der Waals surface area (Å²) in [7, 11) is 0. The fourth-order valence-corrected chi connectivity index (χ4v) is 1.56. The predicted octanol–water partition coefficient (Wildman–Crippen LogP) is 3.27. The summed E-state index contributed by atoms with van der Waals surface area (Å²) in [5.41, 5.74) is 0.467. The van der Waals surface area contributed by atoms with Crippen molar-refractivity contribution in [2.45, 2.75) is 20.0 Å². The standard InChI is InChI=1S/C11H9F3N2/c1-6-3-8(11(12,13)14)10-9(4-6)15-5-7(2)16-10/h3-5H,1-2H3. The van der Waals surface area contributed by atoms with Gasteiger partial charge in [0, 0.05) is 6.20 Å². The van der Waals surface area contributed by atoms with Gasteiger partial charge in [0.15, 0.2) is 0 Å². The number of rotatable bonds is 0. The number of fused-ring (bicyclic) bond motifs is 1. The summed E-state index contributed by atoms with van der Waals surface area (Å²) >= 11 is 0. The number of hydrogen-bond acceptors (Lipinski definition) is 2. The summed E-state index contributed by atoms with van der Waals surface area (Å²) in [5, 5.41) is 0. The summed E-state index contributed by atoms with van der Waals surface area (Å²) in [6.07, 6.45) is -2.94. The molecule has 0 amide bonds. The fraction of sp³-hybridized carbons (Fsp3) is 0.273. The van der Waals surface area contributed by atoms with E-state index in [9.17, 15) is 13.2 Å². The van der Waals surface area contributed by atoms with Crippen molar-refractivity contribution >= 4 is 11.0 Å². The molecule has 1 heterocycles. The van der Waals surface area contributed by atoms with E-state index in [4.69, 9.17) is 0 Å². The molecule has 0 fully saturated rings. The van der Waals surface area contributed by atoms with E-state index in [-0.39, 0.29) is 11.0 Å². The first kappa shape index (κ1) is 10.9. The van der Waals surface area contributed by atoms with Crippen LogP contribution in [-0.4, -0.2) is 9.97 Å². The van der Waals surface area contributed by atoms with Gasteiger partial charge in [-0.25, -0.2) is 4.98 Å². The first-order valence-electron chi connectivity index (χ1n) is 4.69. The van der Waals surface area contributed by atoms with E-state index in [0.717, 1.165) is 6.07 Å². The molecular weight excluding hydrogens is 217 g/mol. The van der Waals surface area contributed by atoms with E-state index >= 15 is 0 Å². The van der Waals surface area contributed by atoms with Gasteiger partial charge in [0.1, 0.15) is 5.52 Å². The van der Waals surface area contributed by atoms with Gasteiger partial charge >= 0.3 is 6.18 Å². The van der Waals surface area contributed by atoms with Gasteiger partial charge in [0.2, 0.25) is 0 Å². The van der Waals surface area contributed by atoms with Crippen LogP contribution < -0.4 is 0 Å². The molecule has 1 aromatic carbocycles. The third kappa shape index (κ3) is 1.85. The maximum Gasteiger partial charge on any atom is 0.418 e. The predicted molar refractivity (Wildman–Crippen MR) is 54.0 cm³/mol. The molecular formula is C11H9F3N2. The van der Waals surface area contributed by atoms with Crippen LogP contribution in [0.3, 0.4) is 0 Å². The lowest BCUT2D eigenvalue weighted by Crippen LogP contribution is -2.08. The molecule has 2 nitrogen and oxygen atoms in total. The van der Waals surface area contributed by atoms with Crippen LogP contribution in [0.4, 0.5) is 13.2 Å². The molecule has 5 heteroatoms. The molecule has 84 valence electrons. The van der Waals surface area contributed by atoms with Gasteiger partial charge in [0.25, 0.3) is 0 Å². The van der Waals surface area contributed by atoms with Crippen molar-refractivity contribution in [2.75, 3.05) is 0 Å². The van der Waals surface area contributed by atoms with Crippen molar-refractivity contribution in [1.82, 2.24) is 9.97 Å². The van der Waals surface area contributed by atoms with Crippen LogP contribution in [0.5, 0.6) is 0 Å². The second kappa shape index (κ2) is 3.43.